The first-order chi connectivity index (χ1) is 11.3. The van der Waals surface area contributed by atoms with Crippen LogP contribution < -0.4 is 5.32 Å². The monoisotopic (exact) mass is 311 g/mol. The minimum Gasteiger partial charge on any atom is -0.381 e. The summed E-state index contributed by atoms with van der Waals surface area (Å²) in [5.41, 5.74) is 4.03. The summed E-state index contributed by atoms with van der Waals surface area (Å²) >= 11 is 0. The van der Waals surface area contributed by atoms with Crippen molar-refractivity contribution in [3.63, 3.8) is 0 Å². The van der Waals surface area contributed by atoms with Crippen molar-refractivity contribution in [3.8, 4) is 0 Å². The Morgan fingerprint density at radius 3 is 2.35 bits per heavy atom. The van der Waals surface area contributed by atoms with E-state index in [0.717, 1.165) is 39.1 Å². The van der Waals surface area contributed by atoms with Crippen molar-refractivity contribution in [2.45, 2.75) is 39.2 Å². The van der Waals surface area contributed by atoms with Gasteiger partial charge in [0.25, 0.3) is 0 Å². The fourth-order valence-corrected chi connectivity index (χ4v) is 2.51. The lowest BCUT2D eigenvalue weighted by atomic mass is 10.1. The lowest BCUT2D eigenvalue weighted by Gasteiger charge is -2.06. The van der Waals surface area contributed by atoms with Crippen LogP contribution >= 0.6 is 0 Å². The minimum absolute atomic E-state index is 0.829. The van der Waals surface area contributed by atoms with Crippen LogP contribution in [0.2, 0.25) is 0 Å². The first-order valence-electron chi connectivity index (χ1n) is 8.72. The average Bonchev–Trinajstić information content (AvgIpc) is 2.59. The van der Waals surface area contributed by atoms with E-state index in [-0.39, 0.29) is 0 Å². The molecule has 2 rings (SSSR count). The van der Waals surface area contributed by atoms with Gasteiger partial charge in [-0.25, -0.2) is 0 Å². The van der Waals surface area contributed by atoms with Crippen molar-refractivity contribution in [1.82, 2.24) is 5.32 Å². The summed E-state index contributed by atoms with van der Waals surface area (Å²) in [6.45, 7) is 5.88. The number of hydrogen-bond acceptors (Lipinski definition) is 2. The molecule has 0 amide bonds. The summed E-state index contributed by atoms with van der Waals surface area (Å²) in [6, 6.07) is 19.3. The van der Waals surface area contributed by atoms with Gasteiger partial charge in [-0.3, -0.25) is 0 Å². The zero-order chi connectivity index (χ0) is 16.2. The molecule has 0 saturated carbocycles. The highest BCUT2D eigenvalue weighted by molar-refractivity contribution is 5.21. The van der Waals surface area contributed by atoms with Crippen molar-refractivity contribution in [1.29, 1.82) is 0 Å². The Morgan fingerprint density at radius 1 is 0.783 bits per heavy atom. The molecule has 2 aromatic rings. The van der Waals surface area contributed by atoms with Crippen LogP contribution in [0.4, 0.5) is 0 Å². The quantitative estimate of drug-likeness (QED) is 0.616. The summed E-state index contributed by atoms with van der Waals surface area (Å²) in [5.74, 6) is 0. The van der Waals surface area contributed by atoms with Gasteiger partial charge < -0.3 is 10.1 Å². The topological polar surface area (TPSA) is 21.3 Å². The van der Waals surface area contributed by atoms with Gasteiger partial charge >= 0.3 is 0 Å². The molecule has 0 atom stereocenters. The molecule has 0 aliphatic rings. The van der Waals surface area contributed by atoms with Gasteiger partial charge in [0.05, 0.1) is 6.61 Å². The molecule has 0 radical (unpaired) electrons. The molecular weight excluding hydrogens is 282 g/mol. The van der Waals surface area contributed by atoms with Crippen LogP contribution in [-0.2, 0) is 17.7 Å². The molecule has 0 saturated heterocycles. The molecule has 2 aromatic carbocycles. The number of unbranched alkanes of at least 4 members (excludes halogenated alkanes) is 2. The van der Waals surface area contributed by atoms with E-state index in [2.05, 4.69) is 66.8 Å². The Balaban J connectivity index is 1.39. The van der Waals surface area contributed by atoms with E-state index in [9.17, 15) is 0 Å². The van der Waals surface area contributed by atoms with Gasteiger partial charge in [-0.15, -0.1) is 0 Å². The highest BCUT2D eigenvalue weighted by Gasteiger charge is 1.95. The molecule has 2 nitrogen and oxygen atoms in total. The lowest BCUT2D eigenvalue weighted by molar-refractivity contribution is 0.133. The van der Waals surface area contributed by atoms with Crippen molar-refractivity contribution in [2.24, 2.45) is 0 Å². The average molecular weight is 311 g/mol. The van der Waals surface area contributed by atoms with E-state index in [0.29, 0.717) is 0 Å². The Labute approximate surface area is 140 Å². The van der Waals surface area contributed by atoms with E-state index in [1.165, 1.54) is 29.5 Å². The van der Waals surface area contributed by atoms with Crippen molar-refractivity contribution in [2.75, 3.05) is 19.8 Å². The van der Waals surface area contributed by atoms with Crippen molar-refractivity contribution >= 4 is 0 Å². The van der Waals surface area contributed by atoms with Crippen LogP contribution in [-0.4, -0.2) is 19.8 Å². The molecule has 23 heavy (non-hydrogen) atoms. The Hall–Kier alpha value is -1.64. The predicted octanol–water partition coefficient (Wildman–Crippen LogP) is 4.51. The molecular formula is C21H29NO. The second-order valence-electron chi connectivity index (χ2n) is 6.07. The van der Waals surface area contributed by atoms with Crippen molar-refractivity contribution < 1.29 is 4.74 Å². The highest BCUT2D eigenvalue weighted by Crippen LogP contribution is 2.04. The Bertz CT molecular complexity index is 521. The van der Waals surface area contributed by atoms with E-state index in [1.807, 2.05) is 0 Å². The number of hydrogen-bond donors (Lipinski definition) is 1. The molecule has 0 bridgehead atoms. The van der Waals surface area contributed by atoms with Crippen LogP contribution in [0.3, 0.4) is 0 Å². The van der Waals surface area contributed by atoms with Crippen molar-refractivity contribution in [3.05, 3.63) is 71.3 Å². The summed E-state index contributed by atoms with van der Waals surface area (Å²) < 4.78 is 5.72. The summed E-state index contributed by atoms with van der Waals surface area (Å²) in [5, 5.41) is 3.49. The molecule has 2 heteroatoms. The van der Waals surface area contributed by atoms with E-state index in [4.69, 9.17) is 4.74 Å². The third kappa shape index (κ3) is 7.96. The first kappa shape index (κ1) is 17.7. The molecule has 0 heterocycles. The second-order valence-corrected chi connectivity index (χ2v) is 6.07. The molecule has 0 aromatic heterocycles. The third-order valence-electron chi connectivity index (χ3n) is 3.97. The van der Waals surface area contributed by atoms with Gasteiger partial charge in [-0.2, -0.15) is 0 Å². The maximum absolute atomic E-state index is 5.72. The second kappa shape index (κ2) is 11.0. The van der Waals surface area contributed by atoms with E-state index in [1.54, 1.807) is 0 Å². The summed E-state index contributed by atoms with van der Waals surface area (Å²) in [4.78, 5) is 0. The van der Waals surface area contributed by atoms with E-state index >= 15 is 0 Å². The smallest absolute Gasteiger partial charge is 0.0506 e. The van der Waals surface area contributed by atoms with Crippen LogP contribution in [0.1, 0.15) is 36.0 Å². The maximum atomic E-state index is 5.72. The fourth-order valence-electron chi connectivity index (χ4n) is 2.51. The van der Waals surface area contributed by atoms with E-state index < -0.39 is 0 Å². The molecule has 124 valence electrons. The fraction of sp³-hybridized carbons (Fsp3) is 0.429. The highest BCUT2D eigenvalue weighted by atomic mass is 16.5. The lowest BCUT2D eigenvalue weighted by Crippen LogP contribution is -2.14. The number of benzene rings is 2. The van der Waals surface area contributed by atoms with Gasteiger partial charge in [-0.1, -0.05) is 60.2 Å². The summed E-state index contributed by atoms with van der Waals surface area (Å²) in [6.07, 6.45) is 4.61. The Morgan fingerprint density at radius 2 is 1.57 bits per heavy atom. The molecule has 0 unspecified atom stereocenters. The Kier molecular flexibility index (Phi) is 8.46. The van der Waals surface area contributed by atoms with Gasteiger partial charge in [0.15, 0.2) is 0 Å². The first-order valence-corrected chi connectivity index (χ1v) is 8.72. The molecule has 1 N–H and O–H groups in total. The molecule has 0 aliphatic heterocycles. The zero-order valence-electron chi connectivity index (χ0n) is 14.3. The number of aryl methyl sites for hydroxylation is 1. The normalized spacial score (nSPS) is 10.8. The largest absolute Gasteiger partial charge is 0.381 e. The molecule has 0 aliphatic carbocycles. The SMILES string of the molecule is Cc1ccc(CCOCCCCCNCc2ccccc2)cc1. The van der Waals surface area contributed by atoms with Gasteiger partial charge in [-0.05, 0) is 50.3 Å². The van der Waals surface area contributed by atoms with Crippen LogP contribution in [0.5, 0.6) is 0 Å². The molecule has 0 spiro atoms. The van der Waals surface area contributed by atoms with Gasteiger partial charge in [0.2, 0.25) is 0 Å². The predicted molar refractivity (Wildman–Crippen MR) is 97.7 cm³/mol. The van der Waals surface area contributed by atoms with Gasteiger partial charge in [0.1, 0.15) is 0 Å². The number of nitrogens with one attached hydrogen (secondary N) is 1. The maximum Gasteiger partial charge on any atom is 0.0506 e. The van der Waals surface area contributed by atoms with Crippen LogP contribution in [0, 0.1) is 6.92 Å². The van der Waals surface area contributed by atoms with Crippen LogP contribution in [0.15, 0.2) is 54.6 Å². The number of rotatable bonds is 11. The minimum atomic E-state index is 0.829. The number of ether oxygens (including phenoxy) is 1. The van der Waals surface area contributed by atoms with Gasteiger partial charge in [0, 0.05) is 13.2 Å². The van der Waals surface area contributed by atoms with Crippen LogP contribution in [0.25, 0.3) is 0 Å². The summed E-state index contributed by atoms with van der Waals surface area (Å²) in [7, 11) is 0. The standard InChI is InChI=1S/C21H29NO/c1-19-10-12-20(13-11-19)14-17-23-16-7-3-6-15-22-18-21-8-4-2-5-9-21/h2,4-5,8-13,22H,3,6-7,14-18H2,1H3. The third-order valence-corrected chi connectivity index (χ3v) is 3.97. The zero-order valence-corrected chi connectivity index (χ0v) is 14.3. The molecule has 0 fully saturated rings.